The molecule has 12 heavy (non-hydrogen) atoms. The summed E-state index contributed by atoms with van der Waals surface area (Å²) in [5, 5.41) is 2.88. The summed E-state index contributed by atoms with van der Waals surface area (Å²) in [6, 6.07) is 0.254. The Balaban J connectivity index is 2.38. The second-order valence-corrected chi connectivity index (χ2v) is 3.16. The Morgan fingerprint density at radius 3 is 3.08 bits per heavy atom. The number of hydrogen-bond acceptors (Lipinski definition) is 2. The van der Waals surface area contributed by atoms with Gasteiger partial charge in [0.25, 0.3) is 0 Å². The van der Waals surface area contributed by atoms with E-state index in [1.165, 1.54) is 6.08 Å². The Morgan fingerprint density at radius 2 is 2.50 bits per heavy atom. The molecule has 1 N–H and O–H groups in total. The quantitative estimate of drug-likeness (QED) is 0.618. The molecule has 0 aliphatic carbocycles. The number of amides is 1. The summed E-state index contributed by atoms with van der Waals surface area (Å²) in [5.74, 6) is 0.316. The molecule has 0 unspecified atom stereocenters. The first kappa shape index (κ1) is 9.26. The molecular weight excluding hydrogens is 154 g/mol. The van der Waals surface area contributed by atoms with Gasteiger partial charge in [0.15, 0.2) is 0 Å². The zero-order valence-corrected chi connectivity index (χ0v) is 7.38. The lowest BCUT2D eigenvalue weighted by Crippen LogP contribution is -2.43. The smallest absolute Gasteiger partial charge is 0.243 e. The third-order valence-electron chi connectivity index (χ3n) is 2.15. The van der Waals surface area contributed by atoms with Gasteiger partial charge in [-0.15, -0.1) is 0 Å². The van der Waals surface area contributed by atoms with Crippen LogP contribution in [0.25, 0.3) is 0 Å². The fourth-order valence-electron chi connectivity index (χ4n) is 1.34. The molecule has 0 spiro atoms. The first-order valence-corrected chi connectivity index (χ1v) is 4.24. The van der Waals surface area contributed by atoms with Crippen LogP contribution in [0, 0.1) is 5.92 Å². The second-order valence-electron chi connectivity index (χ2n) is 3.16. The molecule has 1 aliphatic rings. The maximum Gasteiger partial charge on any atom is 0.243 e. The molecule has 1 saturated heterocycles. The molecule has 0 bridgehead atoms. The standard InChI is InChI=1S/C9H15NO2/c1-3-9(11)10-8-4-5-12-6-7(8)2/h3,7-8H,1,4-6H2,2H3,(H,10,11)/t7-,8+/m0/s1. The van der Waals surface area contributed by atoms with Crippen molar-refractivity contribution in [2.45, 2.75) is 19.4 Å². The number of hydrogen-bond donors (Lipinski definition) is 1. The van der Waals surface area contributed by atoms with Crippen LogP contribution in [-0.4, -0.2) is 25.2 Å². The third-order valence-corrected chi connectivity index (χ3v) is 2.15. The Labute approximate surface area is 72.8 Å². The van der Waals surface area contributed by atoms with Crippen LogP contribution in [0.2, 0.25) is 0 Å². The van der Waals surface area contributed by atoms with Gasteiger partial charge in [-0.3, -0.25) is 4.79 Å². The molecule has 0 aromatic carbocycles. The summed E-state index contributed by atoms with van der Waals surface area (Å²) in [4.78, 5) is 11.0. The van der Waals surface area contributed by atoms with Gasteiger partial charge in [-0.1, -0.05) is 13.5 Å². The van der Waals surface area contributed by atoms with E-state index in [0.717, 1.165) is 19.6 Å². The number of nitrogens with one attached hydrogen (secondary N) is 1. The molecule has 1 amide bonds. The Hall–Kier alpha value is -0.830. The zero-order chi connectivity index (χ0) is 8.97. The molecule has 0 saturated carbocycles. The van der Waals surface area contributed by atoms with Crippen LogP contribution in [0.4, 0.5) is 0 Å². The molecule has 2 atom stereocenters. The molecule has 1 aliphatic heterocycles. The van der Waals surface area contributed by atoms with Crippen LogP contribution < -0.4 is 5.32 Å². The maximum atomic E-state index is 11.0. The van der Waals surface area contributed by atoms with E-state index in [0.29, 0.717) is 5.92 Å². The summed E-state index contributed by atoms with van der Waals surface area (Å²) in [6.45, 7) is 6.97. The van der Waals surface area contributed by atoms with E-state index in [-0.39, 0.29) is 11.9 Å². The fourth-order valence-corrected chi connectivity index (χ4v) is 1.34. The highest BCUT2D eigenvalue weighted by Gasteiger charge is 2.22. The van der Waals surface area contributed by atoms with E-state index < -0.39 is 0 Å². The van der Waals surface area contributed by atoms with Gasteiger partial charge < -0.3 is 10.1 Å². The topological polar surface area (TPSA) is 38.3 Å². The largest absolute Gasteiger partial charge is 0.381 e. The molecular formula is C9H15NO2. The Kier molecular flexibility index (Phi) is 3.29. The van der Waals surface area contributed by atoms with Gasteiger partial charge in [0.2, 0.25) is 5.91 Å². The third kappa shape index (κ3) is 2.34. The number of carbonyl (C=O) groups is 1. The number of ether oxygens (including phenoxy) is 1. The summed E-state index contributed by atoms with van der Waals surface area (Å²) in [7, 11) is 0. The van der Waals surface area contributed by atoms with Gasteiger partial charge in [-0.2, -0.15) is 0 Å². The highest BCUT2D eigenvalue weighted by molar-refractivity contribution is 5.87. The molecule has 1 heterocycles. The van der Waals surface area contributed by atoms with Crippen molar-refractivity contribution in [3.63, 3.8) is 0 Å². The SMILES string of the molecule is C=CC(=O)N[C@@H]1CCOC[C@@H]1C. The molecule has 3 nitrogen and oxygen atoms in total. The average Bonchev–Trinajstić information content (AvgIpc) is 2.09. The van der Waals surface area contributed by atoms with Crippen molar-refractivity contribution in [1.29, 1.82) is 0 Å². The molecule has 0 aromatic heterocycles. The fraction of sp³-hybridized carbons (Fsp3) is 0.667. The van der Waals surface area contributed by atoms with Crippen LogP contribution in [0.3, 0.4) is 0 Å². The van der Waals surface area contributed by atoms with Crippen LogP contribution in [0.5, 0.6) is 0 Å². The van der Waals surface area contributed by atoms with Crippen molar-refractivity contribution in [2.75, 3.05) is 13.2 Å². The van der Waals surface area contributed by atoms with Crippen molar-refractivity contribution in [1.82, 2.24) is 5.32 Å². The predicted molar refractivity (Wildman–Crippen MR) is 46.7 cm³/mol. The molecule has 0 radical (unpaired) electrons. The van der Waals surface area contributed by atoms with Crippen LogP contribution in [-0.2, 0) is 9.53 Å². The van der Waals surface area contributed by atoms with Crippen LogP contribution >= 0.6 is 0 Å². The lowest BCUT2D eigenvalue weighted by Gasteiger charge is -2.29. The van der Waals surface area contributed by atoms with E-state index >= 15 is 0 Å². The Morgan fingerprint density at radius 1 is 1.75 bits per heavy atom. The van der Waals surface area contributed by atoms with Crippen molar-refractivity contribution < 1.29 is 9.53 Å². The first-order chi connectivity index (χ1) is 5.74. The normalized spacial score (nSPS) is 29.4. The van der Waals surface area contributed by atoms with Gasteiger partial charge in [0.05, 0.1) is 6.61 Å². The van der Waals surface area contributed by atoms with Gasteiger partial charge >= 0.3 is 0 Å². The molecule has 1 fully saturated rings. The Bertz CT molecular complexity index is 179. The molecule has 3 heteroatoms. The molecule has 0 aromatic rings. The molecule has 68 valence electrons. The minimum atomic E-state index is -0.0891. The number of rotatable bonds is 2. The average molecular weight is 169 g/mol. The van der Waals surface area contributed by atoms with Crippen molar-refractivity contribution in [3.05, 3.63) is 12.7 Å². The lowest BCUT2D eigenvalue weighted by molar-refractivity contribution is -0.118. The summed E-state index contributed by atoms with van der Waals surface area (Å²) < 4.78 is 5.25. The first-order valence-electron chi connectivity index (χ1n) is 4.24. The zero-order valence-electron chi connectivity index (χ0n) is 7.38. The predicted octanol–water partition coefficient (Wildman–Crippen LogP) is 0.714. The van der Waals surface area contributed by atoms with Gasteiger partial charge in [-0.25, -0.2) is 0 Å². The van der Waals surface area contributed by atoms with Gasteiger partial charge in [0, 0.05) is 12.6 Å². The van der Waals surface area contributed by atoms with E-state index in [9.17, 15) is 4.79 Å². The number of carbonyl (C=O) groups excluding carboxylic acids is 1. The van der Waals surface area contributed by atoms with E-state index in [1.54, 1.807) is 0 Å². The van der Waals surface area contributed by atoms with Crippen LogP contribution in [0.15, 0.2) is 12.7 Å². The van der Waals surface area contributed by atoms with E-state index in [2.05, 4.69) is 18.8 Å². The maximum absolute atomic E-state index is 11.0. The van der Waals surface area contributed by atoms with Crippen molar-refractivity contribution in [3.8, 4) is 0 Å². The minimum Gasteiger partial charge on any atom is -0.381 e. The van der Waals surface area contributed by atoms with E-state index in [1.807, 2.05) is 0 Å². The molecule has 1 rings (SSSR count). The summed E-state index contributed by atoms with van der Waals surface area (Å²) in [6.07, 6.45) is 2.21. The summed E-state index contributed by atoms with van der Waals surface area (Å²) >= 11 is 0. The van der Waals surface area contributed by atoms with Crippen molar-refractivity contribution >= 4 is 5.91 Å². The minimum absolute atomic E-state index is 0.0891. The van der Waals surface area contributed by atoms with Gasteiger partial charge in [-0.05, 0) is 18.4 Å². The van der Waals surface area contributed by atoms with E-state index in [4.69, 9.17) is 4.74 Å². The second kappa shape index (κ2) is 4.26. The van der Waals surface area contributed by atoms with Gasteiger partial charge in [0.1, 0.15) is 0 Å². The summed E-state index contributed by atoms with van der Waals surface area (Å²) in [5.41, 5.74) is 0. The highest BCUT2D eigenvalue weighted by Crippen LogP contribution is 2.13. The lowest BCUT2D eigenvalue weighted by atomic mass is 9.98. The van der Waals surface area contributed by atoms with Crippen LogP contribution in [0.1, 0.15) is 13.3 Å². The highest BCUT2D eigenvalue weighted by atomic mass is 16.5. The monoisotopic (exact) mass is 169 g/mol. The van der Waals surface area contributed by atoms with Crippen molar-refractivity contribution in [2.24, 2.45) is 5.92 Å².